The van der Waals surface area contributed by atoms with E-state index in [4.69, 9.17) is 0 Å². The second-order valence-electron chi connectivity index (χ2n) is 5.63. The third kappa shape index (κ3) is 2.43. The van der Waals surface area contributed by atoms with Crippen molar-refractivity contribution in [2.75, 3.05) is 0 Å². The second kappa shape index (κ2) is 5.27. The van der Waals surface area contributed by atoms with Gasteiger partial charge in [-0.25, -0.2) is 9.07 Å². The molecule has 4 nitrogen and oxygen atoms in total. The van der Waals surface area contributed by atoms with Gasteiger partial charge in [0.1, 0.15) is 5.82 Å². The van der Waals surface area contributed by atoms with E-state index in [-0.39, 0.29) is 11.1 Å². The first-order valence-electron chi connectivity index (χ1n) is 7.02. The van der Waals surface area contributed by atoms with Crippen LogP contribution in [-0.4, -0.2) is 26.0 Å². The number of aliphatic hydroxyl groups is 1. The summed E-state index contributed by atoms with van der Waals surface area (Å²) in [5, 5.41) is 14.3. The molecule has 1 N–H and O–H groups in total. The van der Waals surface area contributed by atoms with E-state index in [2.05, 4.69) is 10.1 Å². The summed E-state index contributed by atoms with van der Waals surface area (Å²) >= 11 is 0. The standard InChI is InChI=1S/C16H13F4N3O/c1-9-14-12(17)4-3-5-13(14)23(22-9)11-6-10(7-21-8-11)15(2,24)16(18,19)20/h3-8,24H,1-2H3. The molecule has 0 aliphatic rings. The number of hydrogen-bond acceptors (Lipinski definition) is 3. The number of aromatic nitrogens is 3. The Morgan fingerprint density at radius 2 is 1.88 bits per heavy atom. The fourth-order valence-corrected chi connectivity index (χ4v) is 2.47. The topological polar surface area (TPSA) is 50.9 Å². The van der Waals surface area contributed by atoms with Crippen LogP contribution in [0.2, 0.25) is 0 Å². The number of rotatable bonds is 2. The number of fused-ring (bicyclic) bond motifs is 1. The summed E-state index contributed by atoms with van der Waals surface area (Å²) in [4.78, 5) is 3.76. The highest BCUT2D eigenvalue weighted by atomic mass is 19.4. The van der Waals surface area contributed by atoms with E-state index >= 15 is 0 Å². The summed E-state index contributed by atoms with van der Waals surface area (Å²) in [7, 11) is 0. The largest absolute Gasteiger partial charge is 0.421 e. The Kier molecular flexibility index (Phi) is 3.60. The highest BCUT2D eigenvalue weighted by Crippen LogP contribution is 2.38. The minimum atomic E-state index is -4.86. The predicted molar refractivity (Wildman–Crippen MR) is 79.2 cm³/mol. The van der Waals surface area contributed by atoms with Crippen LogP contribution in [-0.2, 0) is 5.60 Å². The Labute approximate surface area is 134 Å². The zero-order valence-corrected chi connectivity index (χ0v) is 12.8. The maximum absolute atomic E-state index is 13.9. The van der Waals surface area contributed by atoms with Crippen LogP contribution in [0.5, 0.6) is 0 Å². The van der Waals surface area contributed by atoms with Crippen LogP contribution >= 0.6 is 0 Å². The van der Waals surface area contributed by atoms with Crippen molar-refractivity contribution in [2.24, 2.45) is 0 Å². The smallest absolute Gasteiger partial charge is 0.376 e. The lowest BCUT2D eigenvalue weighted by molar-refractivity contribution is -0.259. The van der Waals surface area contributed by atoms with Gasteiger partial charge in [-0.05, 0) is 32.0 Å². The average molecular weight is 339 g/mol. The molecule has 0 saturated heterocycles. The van der Waals surface area contributed by atoms with Crippen LogP contribution in [0.4, 0.5) is 17.6 Å². The Balaban J connectivity index is 2.20. The lowest BCUT2D eigenvalue weighted by Crippen LogP contribution is -2.39. The average Bonchev–Trinajstić information content (AvgIpc) is 2.85. The number of nitrogens with zero attached hydrogens (tertiary/aromatic N) is 3. The third-order valence-electron chi connectivity index (χ3n) is 3.91. The molecule has 0 radical (unpaired) electrons. The van der Waals surface area contributed by atoms with Gasteiger partial charge in [-0.3, -0.25) is 4.98 Å². The van der Waals surface area contributed by atoms with Crippen LogP contribution in [0.25, 0.3) is 16.6 Å². The summed E-state index contributed by atoms with van der Waals surface area (Å²) in [6.07, 6.45) is -2.62. The second-order valence-corrected chi connectivity index (χ2v) is 5.63. The molecule has 0 spiro atoms. The Morgan fingerprint density at radius 1 is 1.17 bits per heavy atom. The zero-order chi connectivity index (χ0) is 17.7. The number of halogens is 4. The normalized spacial score (nSPS) is 14.8. The highest BCUT2D eigenvalue weighted by Gasteiger charge is 2.51. The predicted octanol–water partition coefficient (Wildman–Crippen LogP) is 3.64. The van der Waals surface area contributed by atoms with Gasteiger partial charge in [-0.2, -0.15) is 18.3 Å². The molecule has 3 rings (SSSR count). The van der Waals surface area contributed by atoms with Crippen molar-refractivity contribution < 1.29 is 22.7 Å². The van der Waals surface area contributed by atoms with E-state index in [1.165, 1.54) is 23.0 Å². The fraction of sp³-hybridized carbons (Fsp3) is 0.250. The Hall–Kier alpha value is -2.48. The molecule has 3 aromatic rings. The van der Waals surface area contributed by atoms with Gasteiger partial charge in [0.2, 0.25) is 0 Å². The third-order valence-corrected chi connectivity index (χ3v) is 3.91. The summed E-state index contributed by atoms with van der Waals surface area (Å²) < 4.78 is 54.3. The van der Waals surface area contributed by atoms with Crippen LogP contribution in [0, 0.1) is 12.7 Å². The van der Waals surface area contributed by atoms with Crippen molar-refractivity contribution in [3.63, 3.8) is 0 Å². The van der Waals surface area contributed by atoms with E-state index in [1.807, 2.05) is 0 Å². The van der Waals surface area contributed by atoms with Crippen LogP contribution in [0.1, 0.15) is 18.2 Å². The van der Waals surface area contributed by atoms with Gasteiger partial charge in [0.15, 0.2) is 5.60 Å². The monoisotopic (exact) mass is 339 g/mol. The van der Waals surface area contributed by atoms with Gasteiger partial charge in [-0.15, -0.1) is 0 Å². The van der Waals surface area contributed by atoms with Crippen molar-refractivity contribution in [1.82, 2.24) is 14.8 Å². The van der Waals surface area contributed by atoms with Gasteiger partial charge in [0, 0.05) is 11.8 Å². The number of alkyl halides is 3. The zero-order valence-electron chi connectivity index (χ0n) is 12.8. The van der Waals surface area contributed by atoms with E-state index < -0.39 is 23.2 Å². The van der Waals surface area contributed by atoms with Crippen LogP contribution in [0.15, 0.2) is 36.7 Å². The lowest BCUT2D eigenvalue weighted by Gasteiger charge is -2.26. The van der Waals surface area contributed by atoms with Gasteiger partial charge in [0.05, 0.1) is 28.5 Å². The van der Waals surface area contributed by atoms with E-state index in [0.717, 1.165) is 12.3 Å². The molecule has 8 heteroatoms. The molecule has 0 amide bonds. The van der Waals surface area contributed by atoms with Crippen molar-refractivity contribution in [3.05, 3.63) is 53.7 Å². The first-order valence-corrected chi connectivity index (χ1v) is 7.02. The minimum Gasteiger partial charge on any atom is -0.376 e. The maximum Gasteiger partial charge on any atom is 0.421 e. The molecule has 0 aliphatic carbocycles. The Morgan fingerprint density at radius 3 is 2.54 bits per heavy atom. The van der Waals surface area contributed by atoms with Gasteiger partial charge in [-0.1, -0.05) is 6.07 Å². The van der Waals surface area contributed by atoms with E-state index in [1.54, 1.807) is 13.0 Å². The summed E-state index contributed by atoms with van der Waals surface area (Å²) in [5.41, 5.74) is -2.49. The molecular weight excluding hydrogens is 326 g/mol. The number of aryl methyl sites for hydroxylation is 1. The summed E-state index contributed by atoms with van der Waals surface area (Å²) in [6, 6.07) is 5.51. The molecule has 0 saturated carbocycles. The van der Waals surface area contributed by atoms with Crippen molar-refractivity contribution in [1.29, 1.82) is 0 Å². The number of pyridine rings is 1. The van der Waals surface area contributed by atoms with Crippen molar-refractivity contribution >= 4 is 10.9 Å². The minimum absolute atomic E-state index is 0.195. The van der Waals surface area contributed by atoms with Crippen LogP contribution < -0.4 is 0 Å². The number of benzene rings is 1. The molecule has 2 aromatic heterocycles. The summed E-state index contributed by atoms with van der Waals surface area (Å²) in [5.74, 6) is -0.470. The van der Waals surface area contributed by atoms with Crippen molar-refractivity contribution in [2.45, 2.75) is 25.6 Å². The SMILES string of the molecule is Cc1nn(-c2cncc(C(C)(O)C(F)(F)F)c2)c2cccc(F)c12. The molecule has 24 heavy (non-hydrogen) atoms. The van der Waals surface area contributed by atoms with Gasteiger partial charge in [0.25, 0.3) is 0 Å². The maximum atomic E-state index is 13.9. The summed E-state index contributed by atoms with van der Waals surface area (Å²) in [6.45, 7) is 2.25. The Bertz CT molecular complexity index is 915. The van der Waals surface area contributed by atoms with Crippen molar-refractivity contribution in [3.8, 4) is 5.69 Å². The lowest BCUT2D eigenvalue weighted by atomic mass is 9.97. The molecular formula is C16H13F4N3O. The van der Waals surface area contributed by atoms with E-state index in [9.17, 15) is 22.7 Å². The molecule has 0 aliphatic heterocycles. The van der Waals surface area contributed by atoms with Gasteiger partial charge >= 0.3 is 6.18 Å². The van der Waals surface area contributed by atoms with Gasteiger partial charge < -0.3 is 5.11 Å². The molecule has 0 bridgehead atoms. The highest BCUT2D eigenvalue weighted by molar-refractivity contribution is 5.83. The molecule has 0 fully saturated rings. The quantitative estimate of drug-likeness (QED) is 0.725. The van der Waals surface area contributed by atoms with Crippen LogP contribution in [0.3, 0.4) is 0 Å². The molecule has 1 atom stereocenters. The molecule has 1 unspecified atom stereocenters. The first kappa shape index (κ1) is 16.4. The van der Waals surface area contributed by atoms with E-state index in [0.29, 0.717) is 18.1 Å². The molecule has 2 heterocycles. The molecule has 126 valence electrons. The fourth-order valence-electron chi connectivity index (χ4n) is 2.47. The first-order chi connectivity index (χ1) is 11.1. The molecule has 1 aromatic carbocycles. The number of hydrogen-bond donors (Lipinski definition) is 1.